The minimum atomic E-state index is -3.12. The molecule has 2 heterocycles. The van der Waals surface area contributed by atoms with Gasteiger partial charge < -0.3 is 14.1 Å². The second kappa shape index (κ2) is 7.99. The molecule has 1 aliphatic heterocycles. The van der Waals surface area contributed by atoms with Crippen LogP contribution in [0.15, 0.2) is 34.7 Å². The van der Waals surface area contributed by atoms with E-state index in [1.165, 1.54) is 0 Å². The monoisotopic (exact) mass is 405 g/mol. The first-order valence-electron chi connectivity index (χ1n) is 9.45. The fraction of sp³-hybridized carbons (Fsp3) is 0.476. The summed E-state index contributed by atoms with van der Waals surface area (Å²) in [4.78, 5) is 14.8. The summed E-state index contributed by atoms with van der Waals surface area (Å²) in [6.07, 6.45) is -0.302. The van der Waals surface area contributed by atoms with Crippen LogP contribution < -0.4 is 4.74 Å². The Bertz CT molecular complexity index is 963. The molecule has 0 aliphatic carbocycles. The van der Waals surface area contributed by atoms with Gasteiger partial charge in [-0.1, -0.05) is 12.1 Å². The van der Waals surface area contributed by atoms with E-state index < -0.39 is 15.9 Å². The molecule has 0 N–H and O–H groups in total. The third kappa shape index (κ3) is 4.58. The number of hydrogen-bond acceptors (Lipinski definition) is 5. The van der Waals surface area contributed by atoms with Crippen LogP contribution in [-0.2, 0) is 21.2 Å². The predicted molar refractivity (Wildman–Crippen MR) is 107 cm³/mol. The largest absolute Gasteiger partial charge is 0.481 e. The third-order valence-electron chi connectivity index (χ3n) is 5.26. The molecule has 0 radical (unpaired) electrons. The van der Waals surface area contributed by atoms with Crippen molar-refractivity contribution >= 4 is 15.7 Å². The number of carbonyl (C=O) groups excluding carboxylic acids is 1. The molecule has 0 spiro atoms. The molecule has 1 fully saturated rings. The molecule has 0 bridgehead atoms. The molecule has 28 heavy (non-hydrogen) atoms. The van der Waals surface area contributed by atoms with E-state index in [0.717, 1.165) is 16.9 Å². The number of amides is 1. The molecule has 152 valence electrons. The first-order chi connectivity index (χ1) is 13.2. The lowest BCUT2D eigenvalue weighted by Crippen LogP contribution is -2.46. The maximum Gasteiger partial charge on any atom is 0.264 e. The van der Waals surface area contributed by atoms with Gasteiger partial charge in [0.2, 0.25) is 0 Å². The average molecular weight is 406 g/mol. The molecule has 0 unspecified atom stereocenters. The Kier molecular flexibility index (Phi) is 5.84. The Labute approximate surface area is 166 Å². The van der Waals surface area contributed by atoms with Crippen LogP contribution in [0.25, 0.3) is 0 Å². The van der Waals surface area contributed by atoms with Gasteiger partial charge in [0.25, 0.3) is 5.91 Å². The average Bonchev–Trinajstić information content (AvgIpc) is 3.21. The number of hydrogen-bond donors (Lipinski definition) is 0. The van der Waals surface area contributed by atoms with Gasteiger partial charge in [-0.2, -0.15) is 0 Å². The van der Waals surface area contributed by atoms with Crippen molar-refractivity contribution in [3.05, 3.63) is 53.0 Å². The van der Waals surface area contributed by atoms with Crippen LogP contribution in [0.4, 0.5) is 0 Å². The van der Waals surface area contributed by atoms with Crippen LogP contribution in [0.2, 0.25) is 0 Å². The molecule has 2 aromatic rings. The Morgan fingerprint density at radius 3 is 2.61 bits per heavy atom. The highest BCUT2D eigenvalue weighted by Gasteiger charge is 2.37. The molecular weight excluding hydrogens is 378 g/mol. The Hall–Kier alpha value is -2.28. The SMILES string of the molecule is Cc1ccc(CN(C(=O)[C@@H](C)Oc2cccc(C)c2C)[C@H]2CCS(=O)(=O)C2)o1. The van der Waals surface area contributed by atoms with E-state index in [2.05, 4.69) is 0 Å². The summed E-state index contributed by atoms with van der Waals surface area (Å²) in [7, 11) is -3.12. The second-order valence-electron chi connectivity index (χ2n) is 7.49. The van der Waals surface area contributed by atoms with Gasteiger partial charge in [0, 0.05) is 6.04 Å². The molecule has 1 aliphatic rings. The minimum absolute atomic E-state index is 0.0192. The zero-order valence-electron chi connectivity index (χ0n) is 16.8. The topological polar surface area (TPSA) is 76.8 Å². The van der Waals surface area contributed by atoms with E-state index in [0.29, 0.717) is 17.9 Å². The fourth-order valence-electron chi connectivity index (χ4n) is 3.47. The highest BCUT2D eigenvalue weighted by Crippen LogP contribution is 2.25. The van der Waals surface area contributed by atoms with Crippen molar-refractivity contribution < 1.29 is 22.4 Å². The standard InChI is InChI=1S/C21H27NO5S/c1-14-6-5-7-20(16(14)3)27-17(4)21(23)22(12-19-9-8-15(2)26-19)18-10-11-28(24,25)13-18/h5-9,17-18H,10-13H2,1-4H3/t17-,18+/m1/s1. The van der Waals surface area contributed by atoms with E-state index in [1.54, 1.807) is 11.8 Å². The summed E-state index contributed by atoms with van der Waals surface area (Å²) >= 11 is 0. The predicted octanol–water partition coefficient (Wildman–Crippen LogP) is 3.19. The summed E-state index contributed by atoms with van der Waals surface area (Å²) < 4.78 is 35.5. The maximum atomic E-state index is 13.2. The highest BCUT2D eigenvalue weighted by molar-refractivity contribution is 7.91. The molecule has 1 aromatic carbocycles. The molecule has 2 atom stereocenters. The van der Waals surface area contributed by atoms with Crippen LogP contribution in [0.5, 0.6) is 5.75 Å². The van der Waals surface area contributed by atoms with Crippen LogP contribution in [0, 0.1) is 20.8 Å². The van der Waals surface area contributed by atoms with Gasteiger partial charge in [0.1, 0.15) is 17.3 Å². The summed E-state index contributed by atoms with van der Waals surface area (Å²) in [5.41, 5.74) is 2.07. The summed E-state index contributed by atoms with van der Waals surface area (Å²) in [5, 5.41) is 0. The van der Waals surface area contributed by atoms with Crippen molar-refractivity contribution in [2.75, 3.05) is 11.5 Å². The van der Waals surface area contributed by atoms with Gasteiger partial charge in [0.15, 0.2) is 15.9 Å². The number of ether oxygens (including phenoxy) is 1. The fourth-order valence-corrected chi connectivity index (χ4v) is 5.20. The zero-order valence-corrected chi connectivity index (χ0v) is 17.6. The lowest BCUT2D eigenvalue weighted by atomic mass is 10.1. The van der Waals surface area contributed by atoms with Crippen molar-refractivity contribution in [3.8, 4) is 5.75 Å². The van der Waals surface area contributed by atoms with Crippen molar-refractivity contribution in [2.45, 2.75) is 52.8 Å². The molecule has 0 saturated carbocycles. The quantitative estimate of drug-likeness (QED) is 0.738. The van der Waals surface area contributed by atoms with Crippen LogP contribution >= 0.6 is 0 Å². The number of nitrogens with zero attached hydrogens (tertiary/aromatic N) is 1. The normalized spacial score (nSPS) is 19.4. The van der Waals surface area contributed by atoms with Gasteiger partial charge in [-0.3, -0.25) is 4.79 Å². The van der Waals surface area contributed by atoms with Crippen molar-refractivity contribution in [1.82, 2.24) is 4.90 Å². The number of furan rings is 1. The van der Waals surface area contributed by atoms with Crippen molar-refractivity contribution in [1.29, 1.82) is 0 Å². The second-order valence-corrected chi connectivity index (χ2v) is 9.72. The number of sulfone groups is 1. The van der Waals surface area contributed by atoms with Crippen LogP contribution in [0.1, 0.15) is 36.0 Å². The minimum Gasteiger partial charge on any atom is -0.481 e. The van der Waals surface area contributed by atoms with E-state index in [9.17, 15) is 13.2 Å². The lowest BCUT2D eigenvalue weighted by Gasteiger charge is -2.30. The first kappa shape index (κ1) is 20.5. The van der Waals surface area contributed by atoms with Crippen molar-refractivity contribution in [3.63, 3.8) is 0 Å². The van der Waals surface area contributed by atoms with Gasteiger partial charge >= 0.3 is 0 Å². The van der Waals surface area contributed by atoms with E-state index in [-0.39, 0.29) is 30.0 Å². The number of rotatable bonds is 6. The van der Waals surface area contributed by atoms with Gasteiger partial charge in [-0.05, 0) is 63.4 Å². The Morgan fingerprint density at radius 1 is 1.25 bits per heavy atom. The number of aryl methyl sites for hydroxylation is 2. The smallest absolute Gasteiger partial charge is 0.264 e. The third-order valence-corrected chi connectivity index (χ3v) is 7.01. The number of benzene rings is 1. The van der Waals surface area contributed by atoms with E-state index in [4.69, 9.17) is 9.15 Å². The Morgan fingerprint density at radius 2 is 2.00 bits per heavy atom. The molecule has 1 saturated heterocycles. The molecule has 3 rings (SSSR count). The van der Waals surface area contributed by atoms with E-state index in [1.807, 2.05) is 51.1 Å². The highest BCUT2D eigenvalue weighted by atomic mass is 32.2. The number of carbonyl (C=O) groups is 1. The molecule has 7 heteroatoms. The summed E-state index contributed by atoms with van der Waals surface area (Å²) in [6.45, 7) is 7.71. The molecule has 1 amide bonds. The summed E-state index contributed by atoms with van der Waals surface area (Å²) in [5.74, 6) is 1.89. The lowest BCUT2D eigenvalue weighted by molar-refractivity contribution is -0.141. The molecule has 1 aromatic heterocycles. The van der Waals surface area contributed by atoms with Crippen molar-refractivity contribution in [2.24, 2.45) is 0 Å². The Balaban J connectivity index is 1.81. The zero-order chi connectivity index (χ0) is 20.5. The van der Waals surface area contributed by atoms with Gasteiger partial charge in [-0.15, -0.1) is 0 Å². The van der Waals surface area contributed by atoms with E-state index >= 15 is 0 Å². The van der Waals surface area contributed by atoms with Crippen LogP contribution in [-0.4, -0.2) is 42.9 Å². The first-order valence-corrected chi connectivity index (χ1v) is 11.3. The summed E-state index contributed by atoms with van der Waals surface area (Å²) in [6, 6.07) is 9.00. The maximum absolute atomic E-state index is 13.2. The van der Waals surface area contributed by atoms with Gasteiger partial charge in [-0.25, -0.2) is 8.42 Å². The molecular formula is C21H27NO5S. The van der Waals surface area contributed by atoms with Gasteiger partial charge in [0.05, 0.1) is 18.1 Å². The molecule has 6 nitrogen and oxygen atoms in total. The van der Waals surface area contributed by atoms with Crippen LogP contribution in [0.3, 0.4) is 0 Å².